The van der Waals surface area contributed by atoms with Gasteiger partial charge in [0.15, 0.2) is 11.0 Å². The summed E-state index contributed by atoms with van der Waals surface area (Å²) >= 11 is 1.52. The molecule has 0 aliphatic carbocycles. The van der Waals surface area contributed by atoms with Crippen LogP contribution in [0.1, 0.15) is 6.92 Å². The molecule has 0 saturated heterocycles. The van der Waals surface area contributed by atoms with Gasteiger partial charge < -0.3 is 9.30 Å². The van der Waals surface area contributed by atoms with Gasteiger partial charge in [-0.25, -0.2) is 0 Å². The van der Waals surface area contributed by atoms with Crippen LogP contribution in [-0.2, 0) is 16.6 Å². The zero-order valence-electron chi connectivity index (χ0n) is 10.9. The summed E-state index contributed by atoms with van der Waals surface area (Å²) in [5, 5.41) is 9.14. The Bertz CT molecular complexity index is 554. The molecule has 0 amide bonds. The molecule has 0 spiro atoms. The number of hydrogen-bond donors (Lipinski definition) is 0. The Hall–Kier alpha value is -1.82. The van der Waals surface area contributed by atoms with E-state index < -0.39 is 0 Å². The minimum atomic E-state index is -0.261. The van der Waals surface area contributed by atoms with Crippen LogP contribution in [-0.4, -0.2) is 33.1 Å². The fraction of sp³-hybridized carbons (Fsp3) is 0.308. The highest BCUT2D eigenvalue weighted by Crippen LogP contribution is 2.21. The van der Waals surface area contributed by atoms with Gasteiger partial charge in [0, 0.05) is 25.3 Å². The molecule has 0 aliphatic heterocycles. The zero-order valence-corrected chi connectivity index (χ0v) is 11.7. The largest absolute Gasteiger partial charge is 0.465 e. The van der Waals surface area contributed by atoms with Gasteiger partial charge in [0.05, 0.1) is 0 Å². The highest BCUT2D eigenvalue weighted by molar-refractivity contribution is 7.99. The van der Waals surface area contributed by atoms with E-state index in [9.17, 15) is 4.79 Å². The van der Waals surface area contributed by atoms with Gasteiger partial charge >= 0.3 is 5.97 Å². The van der Waals surface area contributed by atoms with Gasteiger partial charge in [-0.15, -0.1) is 10.2 Å². The van der Waals surface area contributed by atoms with Gasteiger partial charge in [-0.1, -0.05) is 42.1 Å². The lowest BCUT2D eigenvalue weighted by molar-refractivity contribution is -0.140. The molecule has 0 atom stereocenters. The lowest BCUT2D eigenvalue weighted by Crippen LogP contribution is -2.03. The zero-order chi connectivity index (χ0) is 13.7. The molecule has 0 bridgehead atoms. The summed E-state index contributed by atoms with van der Waals surface area (Å²) in [5.74, 6) is 1.24. The Morgan fingerprint density at radius 1 is 1.32 bits per heavy atom. The summed E-state index contributed by atoms with van der Waals surface area (Å²) in [6, 6.07) is 9.90. The predicted molar refractivity (Wildman–Crippen MR) is 73.8 cm³/mol. The molecule has 6 heteroatoms. The normalized spacial score (nSPS) is 10.4. The Labute approximate surface area is 116 Å². The predicted octanol–water partition coefficient (Wildman–Crippen LogP) is 2.14. The van der Waals surface area contributed by atoms with Gasteiger partial charge in [-0.2, -0.15) is 0 Å². The first-order valence-corrected chi connectivity index (χ1v) is 6.88. The van der Waals surface area contributed by atoms with Crippen molar-refractivity contribution in [1.82, 2.24) is 14.8 Å². The molecule has 5 nitrogen and oxygen atoms in total. The van der Waals surface area contributed by atoms with Crippen LogP contribution in [0.2, 0.25) is 0 Å². The molecular weight excluding hydrogens is 262 g/mol. The second-order valence-electron chi connectivity index (χ2n) is 3.92. The van der Waals surface area contributed by atoms with E-state index in [0.717, 1.165) is 16.5 Å². The quantitative estimate of drug-likeness (QED) is 0.476. The summed E-state index contributed by atoms with van der Waals surface area (Å²) in [6.45, 7) is 1.79. The molecule has 0 N–H and O–H groups in total. The highest BCUT2D eigenvalue weighted by Gasteiger charge is 2.10. The fourth-order valence-electron chi connectivity index (χ4n) is 1.60. The molecule has 1 heterocycles. The number of benzene rings is 1. The number of thioether (sulfide) groups is 1. The SMILES string of the molecule is CC(=O)OCCSc1nnc(-c2ccccc2)n1C. The molecule has 0 aliphatic rings. The van der Waals surface area contributed by atoms with Crippen molar-refractivity contribution in [3.05, 3.63) is 30.3 Å². The maximum atomic E-state index is 10.6. The molecule has 1 aromatic carbocycles. The summed E-state index contributed by atoms with van der Waals surface area (Å²) in [5.41, 5.74) is 1.03. The minimum Gasteiger partial charge on any atom is -0.465 e. The Morgan fingerprint density at radius 3 is 2.74 bits per heavy atom. The Balaban J connectivity index is 2.01. The minimum absolute atomic E-state index is 0.261. The summed E-state index contributed by atoms with van der Waals surface area (Å²) < 4.78 is 6.82. The monoisotopic (exact) mass is 277 g/mol. The van der Waals surface area contributed by atoms with Crippen LogP contribution in [0.5, 0.6) is 0 Å². The highest BCUT2D eigenvalue weighted by atomic mass is 32.2. The van der Waals surface area contributed by atoms with E-state index in [2.05, 4.69) is 10.2 Å². The number of carbonyl (C=O) groups excluding carboxylic acids is 1. The molecular formula is C13H15N3O2S. The number of hydrogen-bond acceptors (Lipinski definition) is 5. The summed E-state index contributed by atoms with van der Waals surface area (Å²) in [7, 11) is 1.93. The molecule has 19 heavy (non-hydrogen) atoms. The van der Waals surface area contributed by atoms with Crippen molar-refractivity contribution in [1.29, 1.82) is 0 Å². The van der Waals surface area contributed by atoms with Crippen LogP contribution in [0.15, 0.2) is 35.5 Å². The number of carbonyl (C=O) groups is 1. The van der Waals surface area contributed by atoms with Crippen molar-refractivity contribution in [2.24, 2.45) is 7.05 Å². The van der Waals surface area contributed by atoms with Crippen LogP contribution in [0.25, 0.3) is 11.4 Å². The number of esters is 1. The van der Waals surface area contributed by atoms with E-state index >= 15 is 0 Å². The second kappa shape index (κ2) is 6.38. The first-order chi connectivity index (χ1) is 9.18. The van der Waals surface area contributed by atoms with Crippen molar-refractivity contribution in [2.75, 3.05) is 12.4 Å². The van der Waals surface area contributed by atoms with E-state index in [0.29, 0.717) is 12.4 Å². The first-order valence-electron chi connectivity index (χ1n) is 5.89. The number of nitrogens with zero attached hydrogens (tertiary/aromatic N) is 3. The summed E-state index contributed by atoms with van der Waals surface area (Å²) in [4.78, 5) is 10.6. The van der Waals surface area contributed by atoms with Crippen molar-refractivity contribution in [3.8, 4) is 11.4 Å². The fourth-order valence-corrected chi connectivity index (χ4v) is 2.33. The van der Waals surface area contributed by atoms with E-state index in [1.807, 2.05) is 41.9 Å². The maximum absolute atomic E-state index is 10.6. The maximum Gasteiger partial charge on any atom is 0.302 e. The van der Waals surface area contributed by atoms with Gasteiger partial charge in [0.1, 0.15) is 6.61 Å². The molecule has 2 aromatic rings. The molecule has 100 valence electrons. The molecule has 0 unspecified atom stereocenters. The lowest BCUT2D eigenvalue weighted by Gasteiger charge is -2.04. The van der Waals surface area contributed by atoms with Crippen LogP contribution < -0.4 is 0 Å². The average Bonchev–Trinajstić information content (AvgIpc) is 2.77. The van der Waals surface area contributed by atoms with Crippen molar-refractivity contribution in [3.63, 3.8) is 0 Å². The van der Waals surface area contributed by atoms with E-state index in [1.54, 1.807) is 0 Å². The topological polar surface area (TPSA) is 57.0 Å². The number of aromatic nitrogens is 3. The smallest absolute Gasteiger partial charge is 0.302 e. The van der Waals surface area contributed by atoms with Crippen LogP contribution >= 0.6 is 11.8 Å². The van der Waals surface area contributed by atoms with Crippen LogP contribution in [0, 0.1) is 0 Å². The van der Waals surface area contributed by atoms with Crippen LogP contribution in [0.3, 0.4) is 0 Å². The van der Waals surface area contributed by atoms with Crippen molar-refractivity contribution < 1.29 is 9.53 Å². The van der Waals surface area contributed by atoms with Gasteiger partial charge in [0.2, 0.25) is 0 Å². The molecule has 2 rings (SSSR count). The molecule has 0 saturated carbocycles. The third-order valence-corrected chi connectivity index (χ3v) is 3.47. The lowest BCUT2D eigenvalue weighted by atomic mass is 10.2. The standard InChI is InChI=1S/C13H15N3O2S/c1-10(17)18-8-9-19-13-15-14-12(16(13)2)11-6-4-3-5-7-11/h3-7H,8-9H2,1-2H3. The Morgan fingerprint density at radius 2 is 2.05 bits per heavy atom. The number of rotatable bonds is 5. The van der Waals surface area contributed by atoms with Crippen molar-refractivity contribution >= 4 is 17.7 Å². The van der Waals surface area contributed by atoms with Gasteiger partial charge in [-0.05, 0) is 0 Å². The Kier molecular flexibility index (Phi) is 4.57. The molecule has 0 fully saturated rings. The van der Waals surface area contributed by atoms with E-state index in [4.69, 9.17) is 4.74 Å². The van der Waals surface area contributed by atoms with E-state index in [-0.39, 0.29) is 5.97 Å². The van der Waals surface area contributed by atoms with Crippen LogP contribution in [0.4, 0.5) is 0 Å². The molecule has 0 radical (unpaired) electrons. The number of ether oxygens (including phenoxy) is 1. The van der Waals surface area contributed by atoms with E-state index in [1.165, 1.54) is 18.7 Å². The second-order valence-corrected chi connectivity index (χ2v) is 4.98. The molecule has 1 aromatic heterocycles. The van der Waals surface area contributed by atoms with Gasteiger partial charge in [0.25, 0.3) is 0 Å². The third-order valence-electron chi connectivity index (χ3n) is 2.49. The third kappa shape index (κ3) is 3.57. The van der Waals surface area contributed by atoms with Crippen molar-refractivity contribution in [2.45, 2.75) is 12.1 Å². The average molecular weight is 277 g/mol. The van der Waals surface area contributed by atoms with Gasteiger partial charge in [-0.3, -0.25) is 4.79 Å². The first kappa shape index (κ1) is 13.6. The summed E-state index contributed by atoms with van der Waals surface area (Å²) in [6.07, 6.45) is 0.